The number of carbonyl (C=O) groups excluding carboxylic acids is 5. The lowest BCUT2D eigenvalue weighted by atomic mass is 9.96. The van der Waals surface area contributed by atoms with Crippen LogP contribution in [0.5, 0.6) is 0 Å². The molecule has 0 aliphatic carbocycles. The second-order valence-corrected chi connectivity index (χ2v) is 10.7. The SMILES string of the molecule is COC(=O)C(C(C)C)N(C(=O)CCC(=O)CCc1ccccc1)C(=O)C(N)C(C)CNC(=O)OC(C)(C)C. The van der Waals surface area contributed by atoms with Crippen molar-refractivity contribution < 1.29 is 33.4 Å². The Kier molecular flexibility index (Phi) is 13.1. The molecule has 0 heterocycles. The Balaban J connectivity index is 2.95. The number of imide groups is 1. The van der Waals surface area contributed by atoms with Gasteiger partial charge in [0.2, 0.25) is 11.8 Å². The number of carbonyl (C=O) groups is 5. The van der Waals surface area contributed by atoms with Gasteiger partial charge < -0.3 is 20.5 Å². The van der Waals surface area contributed by atoms with Gasteiger partial charge in [0.05, 0.1) is 13.2 Å². The highest BCUT2D eigenvalue weighted by Crippen LogP contribution is 2.19. The summed E-state index contributed by atoms with van der Waals surface area (Å²) in [5.74, 6) is -3.42. The first kappa shape index (κ1) is 32.8. The molecule has 0 radical (unpaired) electrons. The van der Waals surface area contributed by atoms with Gasteiger partial charge in [0.25, 0.3) is 0 Å². The molecule has 3 N–H and O–H groups in total. The van der Waals surface area contributed by atoms with Crippen LogP contribution in [0.15, 0.2) is 30.3 Å². The fraction of sp³-hybridized carbons (Fsp3) is 0.607. The first-order valence-corrected chi connectivity index (χ1v) is 12.9. The molecule has 3 atom stereocenters. The highest BCUT2D eigenvalue weighted by atomic mass is 16.6. The number of nitrogens with one attached hydrogen (secondary N) is 1. The van der Waals surface area contributed by atoms with E-state index in [-0.39, 0.29) is 31.6 Å². The number of hydrogen-bond donors (Lipinski definition) is 2. The number of aryl methyl sites for hydroxylation is 1. The molecule has 0 bridgehead atoms. The average molecular weight is 534 g/mol. The van der Waals surface area contributed by atoms with E-state index in [0.717, 1.165) is 10.5 Å². The number of nitrogens with zero attached hydrogens (tertiary/aromatic N) is 1. The van der Waals surface area contributed by atoms with Crippen LogP contribution in [0.3, 0.4) is 0 Å². The molecule has 10 heteroatoms. The Labute approximate surface area is 225 Å². The number of alkyl carbamates (subject to hydrolysis) is 1. The number of ketones is 1. The molecule has 0 spiro atoms. The van der Waals surface area contributed by atoms with Crippen LogP contribution in [0.4, 0.5) is 4.79 Å². The van der Waals surface area contributed by atoms with Gasteiger partial charge in [-0.2, -0.15) is 0 Å². The molecule has 0 aromatic heterocycles. The van der Waals surface area contributed by atoms with Gasteiger partial charge >= 0.3 is 12.1 Å². The van der Waals surface area contributed by atoms with E-state index < -0.39 is 53.4 Å². The van der Waals surface area contributed by atoms with Crippen molar-refractivity contribution in [1.29, 1.82) is 0 Å². The van der Waals surface area contributed by atoms with Crippen molar-refractivity contribution in [1.82, 2.24) is 10.2 Å². The molecule has 0 saturated carbocycles. The number of nitrogens with two attached hydrogens (primary N) is 1. The zero-order valence-electron chi connectivity index (χ0n) is 23.6. The van der Waals surface area contributed by atoms with Crippen molar-refractivity contribution in [2.45, 2.75) is 84.9 Å². The van der Waals surface area contributed by atoms with Gasteiger partial charge in [-0.05, 0) is 44.6 Å². The summed E-state index contributed by atoms with van der Waals surface area (Å²) in [4.78, 5) is 64.6. The van der Waals surface area contributed by atoms with Crippen molar-refractivity contribution in [3.8, 4) is 0 Å². The third-order valence-corrected chi connectivity index (χ3v) is 5.88. The number of amides is 3. The monoisotopic (exact) mass is 533 g/mol. The van der Waals surface area contributed by atoms with Gasteiger partial charge in [-0.1, -0.05) is 51.1 Å². The smallest absolute Gasteiger partial charge is 0.407 e. The standard InChI is InChI=1S/C28H43N3O7/c1-18(2)24(26(35)37-7)31(22(33)16-15-21(32)14-13-20-11-9-8-10-12-20)25(34)23(29)19(3)17-30-27(36)38-28(4,5)6/h8-12,18-19,23-24H,13-17,29H2,1-7H3,(H,30,36). The number of Topliss-reactive ketones (excluding diaryl/α,β-unsaturated/α-hetero) is 1. The van der Waals surface area contributed by atoms with E-state index >= 15 is 0 Å². The summed E-state index contributed by atoms with van der Waals surface area (Å²) in [6.45, 7) is 10.2. The summed E-state index contributed by atoms with van der Waals surface area (Å²) < 4.78 is 10.1. The molecule has 3 unspecified atom stereocenters. The average Bonchev–Trinajstić information content (AvgIpc) is 2.85. The first-order chi connectivity index (χ1) is 17.7. The van der Waals surface area contributed by atoms with Crippen LogP contribution in [-0.4, -0.2) is 65.9 Å². The molecule has 1 aromatic rings. The van der Waals surface area contributed by atoms with Crippen LogP contribution in [0.2, 0.25) is 0 Å². The zero-order chi connectivity index (χ0) is 29.0. The van der Waals surface area contributed by atoms with Crippen molar-refractivity contribution in [3.05, 3.63) is 35.9 Å². The van der Waals surface area contributed by atoms with E-state index in [9.17, 15) is 24.0 Å². The molecule has 3 amide bonds. The van der Waals surface area contributed by atoms with Crippen molar-refractivity contribution in [2.75, 3.05) is 13.7 Å². The Morgan fingerprint density at radius 3 is 2.11 bits per heavy atom. The number of ether oxygens (including phenoxy) is 2. The topological polar surface area (TPSA) is 145 Å². The molecule has 0 aliphatic rings. The van der Waals surface area contributed by atoms with Gasteiger partial charge in [-0.25, -0.2) is 9.59 Å². The van der Waals surface area contributed by atoms with Crippen LogP contribution in [0.25, 0.3) is 0 Å². The lowest BCUT2D eigenvalue weighted by Crippen LogP contribution is -2.58. The Morgan fingerprint density at radius 1 is 0.974 bits per heavy atom. The van der Waals surface area contributed by atoms with E-state index in [2.05, 4.69) is 5.32 Å². The second-order valence-electron chi connectivity index (χ2n) is 10.7. The number of benzene rings is 1. The summed E-state index contributed by atoms with van der Waals surface area (Å²) in [6, 6.07) is 7.08. The quantitative estimate of drug-likeness (QED) is 0.368. The van der Waals surface area contributed by atoms with E-state index in [1.54, 1.807) is 41.5 Å². The molecular weight excluding hydrogens is 490 g/mol. The summed E-state index contributed by atoms with van der Waals surface area (Å²) in [6.07, 6.45) is -0.202. The fourth-order valence-corrected chi connectivity index (χ4v) is 3.72. The van der Waals surface area contributed by atoms with Gasteiger partial charge in [0.15, 0.2) is 0 Å². The van der Waals surface area contributed by atoms with E-state index in [0.29, 0.717) is 6.42 Å². The fourth-order valence-electron chi connectivity index (χ4n) is 3.72. The molecule has 0 aliphatic heterocycles. The minimum Gasteiger partial charge on any atom is -0.467 e. The molecule has 1 aromatic carbocycles. The van der Waals surface area contributed by atoms with Crippen molar-refractivity contribution >= 4 is 29.7 Å². The van der Waals surface area contributed by atoms with Gasteiger partial charge in [-0.3, -0.25) is 19.3 Å². The minimum atomic E-state index is -1.21. The van der Waals surface area contributed by atoms with Crippen LogP contribution < -0.4 is 11.1 Å². The number of hydrogen-bond acceptors (Lipinski definition) is 8. The lowest BCUT2D eigenvalue weighted by molar-refractivity contribution is -0.163. The normalized spacial score (nSPS) is 13.7. The van der Waals surface area contributed by atoms with E-state index in [1.165, 1.54) is 7.11 Å². The molecular formula is C28H43N3O7. The van der Waals surface area contributed by atoms with Crippen LogP contribution in [0, 0.1) is 11.8 Å². The summed E-state index contributed by atoms with van der Waals surface area (Å²) in [5.41, 5.74) is 6.52. The molecule has 0 saturated heterocycles. The maximum atomic E-state index is 13.5. The third-order valence-electron chi connectivity index (χ3n) is 5.88. The Morgan fingerprint density at radius 2 is 1.58 bits per heavy atom. The van der Waals surface area contributed by atoms with Crippen molar-refractivity contribution in [2.24, 2.45) is 17.6 Å². The Bertz CT molecular complexity index is 957. The predicted molar refractivity (Wildman–Crippen MR) is 143 cm³/mol. The third kappa shape index (κ3) is 11.0. The molecule has 212 valence electrons. The summed E-state index contributed by atoms with van der Waals surface area (Å²) in [7, 11) is 1.17. The molecule has 10 nitrogen and oxygen atoms in total. The maximum absolute atomic E-state index is 13.5. The minimum absolute atomic E-state index is 0.00634. The van der Waals surface area contributed by atoms with Crippen LogP contribution in [-0.2, 0) is 35.1 Å². The number of esters is 1. The Hall–Kier alpha value is -3.27. The highest BCUT2D eigenvalue weighted by Gasteiger charge is 2.40. The predicted octanol–water partition coefficient (Wildman–Crippen LogP) is 3.01. The molecule has 38 heavy (non-hydrogen) atoms. The molecule has 0 fully saturated rings. The summed E-state index contributed by atoms with van der Waals surface area (Å²) >= 11 is 0. The zero-order valence-corrected chi connectivity index (χ0v) is 23.6. The molecule has 1 rings (SSSR count). The number of rotatable bonds is 13. The van der Waals surface area contributed by atoms with Crippen LogP contribution >= 0.6 is 0 Å². The largest absolute Gasteiger partial charge is 0.467 e. The lowest BCUT2D eigenvalue weighted by Gasteiger charge is -2.34. The number of methoxy groups -OCH3 is 1. The van der Waals surface area contributed by atoms with E-state index in [1.807, 2.05) is 30.3 Å². The van der Waals surface area contributed by atoms with Crippen molar-refractivity contribution in [3.63, 3.8) is 0 Å². The first-order valence-electron chi connectivity index (χ1n) is 12.9. The summed E-state index contributed by atoms with van der Waals surface area (Å²) in [5, 5.41) is 2.56. The van der Waals surface area contributed by atoms with Crippen LogP contribution in [0.1, 0.15) is 66.4 Å². The van der Waals surface area contributed by atoms with Gasteiger partial charge in [0, 0.05) is 25.8 Å². The van der Waals surface area contributed by atoms with Gasteiger partial charge in [-0.15, -0.1) is 0 Å². The highest BCUT2D eigenvalue weighted by molar-refractivity contribution is 6.02. The maximum Gasteiger partial charge on any atom is 0.407 e. The second kappa shape index (κ2) is 15.2. The van der Waals surface area contributed by atoms with E-state index in [4.69, 9.17) is 15.2 Å². The van der Waals surface area contributed by atoms with Gasteiger partial charge in [0.1, 0.15) is 17.4 Å².